The van der Waals surface area contributed by atoms with Gasteiger partial charge in [-0.05, 0) is 0 Å². The van der Waals surface area contributed by atoms with E-state index in [0.717, 1.165) is 0 Å². The Bertz CT molecular complexity index is 179. The Morgan fingerprint density at radius 1 is 1.55 bits per heavy atom. The lowest BCUT2D eigenvalue weighted by Gasteiger charge is -2.16. The molecule has 1 aliphatic rings. The number of halogens is 3. The van der Waals surface area contributed by atoms with Crippen molar-refractivity contribution in [2.45, 2.75) is 24.7 Å². The summed E-state index contributed by atoms with van der Waals surface area (Å²) in [5.74, 6) is -0.764. The van der Waals surface area contributed by atoms with Crippen LogP contribution in [0.4, 0.5) is 13.2 Å². The molecule has 0 aromatic rings. The largest absolute Gasteiger partial charge is 0.411 e. The molecule has 64 valence electrons. The van der Waals surface area contributed by atoms with Gasteiger partial charge < -0.3 is 10.4 Å². The number of aliphatic hydroxyl groups is 1. The number of carbonyl (C=O) groups excluding carboxylic acids is 1. The standard InChI is InChI=1S/C5H6F3NO2/c6-5(7,8)4-2(10)1-3(11)9-4/h2,4,10H,1H2,(H,9,11)/t2-,4+/m1/s1. The molecule has 1 aliphatic heterocycles. The summed E-state index contributed by atoms with van der Waals surface area (Å²) in [5, 5.41) is 10.3. The molecule has 0 aliphatic carbocycles. The highest BCUT2D eigenvalue weighted by atomic mass is 19.4. The second-order valence-corrected chi connectivity index (χ2v) is 2.36. The highest BCUT2D eigenvalue weighted by Crippen LogP contribution is 2.26. The quantitative estimate of drug-likeness (QED) is 0.527. The predicted molar refractivity (Wildman–Crippen MR) is 28.6 cm³/mol. The van der Waals surface area contributed by atoms with Crippen LogP contribution in [0.2, 0.25) is 0 Å². The van der Waals surface area contributed by atoms with Crippen LogP contribution < -0.4 is 5.32 Å². The minimum atomic E-state index is -4.55. The Hall–Kier alpha value is -0.780. The predicted octanol–water partition coefficient (Wildman–Crippen LogP) is -0.202. The normalized spacial score (nSPS) is 32.2. The number of hydrogen-bond donors (Lipinski definition) is 2. The van der Waals surface area contributed by atoms with Gasteiger partial charge in [0.25, 0.3) is 0 Å². The zero-order chi connectivity index (χ0) is 8.65. The lowest BCUT2D eigenvalue weighted by Crippen LogP contribution is -2.44. The molecular formula is C5H6F3NO2. The Balaban J connectivity index is 2.67. The molecule has 1 saturated heterocycles. The number of carbonyl (C=O) groups is 1. The van der Waals surface area contributed by atoms with E-state index in [2.05, 4.69) is 0 Å². The highest BCUT2D eigenvalue weighted by molar-refractivity contribution is 5.79. The number of aliphatic hydroxyl groups excluding tert-OH is 1. The molecule has 2 N–H and O–H groups in total. The van der Waals surface area contributed by atoms with E-state index >= 15 is 0 Å². The van der Waals surface area contributed by atoms with Crippen LogP contribution >= 0.6 is 0 Å². The average Bonchev–Trinajstić information content (AvgIpc) is 2.08. The number of amides is 1. The first-order chi connectivity index (χ1) is 4.91. The van der Waals surface area contributed by atoms with Crippen LogP contribution in [-0.4, -0.2) is 29.3 Å². The van der Waals surface area contributed by atoms with Gasteiger partial charge in [0.2, 0.25) is 5.91 Å². The van der Waals surface area contributed by atoms with Crippen molar-refractivity contribution in [3.05, 3.63) is 0 Å². The summed E-state index contributed by atoms with van der Waals surface area (Å²) < 4.78 is 35.4. The Morgan fingerprint density at radius 2 is 2.09 bits per heavy atom. The summed E-state index contributed by atoms with van der Waals surface area (Å²) in [6, 6.07) is -2.09. The molecule has 11 heavy (non-hydrogen) atoms. The monoisotopic (exact) mass is 169 g/mol. The van der Waals surface area contributed by atoms with Gasteiger partial charge >= 0.3 is 6.18 Å². The van der Waals surface area contributed by atoms with E-state index in [-0.39, 0.29) is 0 Å². The molecule has 0 unspecified atom stereocenters. The van der Waals surface area contributed by atoms with Gasteiger partial charge in [-0.2, -0.15) is 13.2 Å². The first-order valence-electron chi connectivity index (χ1n) is 2.95. The van der Waals surface area contributed by atoms with Crippen molar-refractivity contribution in [2.24, 2.45) is 0 Å². The zero-order valence-corrected chi connectivity index (χ0v) is 5.35. The summed E-state index contributed by atoms with van der Waals surface area (Å²) >= 11 is 0. The van der Waals surface area contributed by atoms with Crippen LogP contribution in [0.5, 0.6) is 0 Å². The number of alkyl halides is 3. The lowest BCUT2D eigenvalue weighted by molar-refractivity contribution is -0.170. The minimum absolute atomic E-state index is 0.468. The van der Waals surface area contributed by atoms with E-state index in [9.17, 15) is 18.0 Å². The third-order valence-corrected chi connectivity index (χ3v) is 1.45. The van der Waals surface area contributed by atoms with Gasteiger partial charge in [-0.25, -0.2) is 0 Å². The van der Waals surface area contributed by atoms with E-state index in [0.29, 0.717) is 0 Å². The van der Waals surface area contributed by atoms with E-state index in [1.54, 1.807) is 5.32 Å². The van der Waals surface area contributed by atoms with E-state index in [1.165, 1.54) is 0 Å². The molecule has 0 radical (unpaired) electrons. The molecular weight excluding hydrogens is 163 g/mol. The topological polar surface area (TPSA) is 49.3 Å². The molecule has 1 heterocycles. The SMILES string of the molecule is O=C1C[C@@H](O)[C@@H](C(F)(F)F)N1. The van der Waals surface area contributed by atoms with Crippen LogP contribution in [-0.2, 0) is 4.79 Å². The van der Waals surface area contributed by atoms with Crippen molar-refractivity contribution < 1.29 is 23.1 Å². The second kappa shape index (κ2) is 2.37. The fourth-order valence-corrected chi connectivity index (χ4v) is 0.936. The van der Waals surface area contributed by atoms with Gasteiger partial charge in [-0.3, -0.25) is 4.79 Å². The fourth-order valence-electron chi connectivity index (χ4n) is 0.936. The van der Waals surface area contributed by atoms with Crippen LogP contribution in [0.3, 0.4) is 0 Å². The molecule has 1 fully saturated rings. The molecule has 0 saturated carbocycles. The van der Waals surface area contributed by atoms with Crippen molar-refractivity contribution in [3.8, 4) is 0 Å². The van der Waals surface area contributed by atoms with Crippen molar-refractivity contribution >= 4 is 5.91 Å². The lowest BCUT2D eigenvalue weighted by atomic mass is 10.2. The van der Waals surface area contributed by atoms with Gasteiger partial charge in [0.1, 0.15) is 0 Å². The maximum absolute atomic E-state index is 11.8. The number of hydrogen-bond acceptors (Lipinski definition) is 2. The Kier molecular flexibility index (Phi) is 1.79. The van der Waals surface area contributed by atoms with E-state index in [4.69, 9.17) is 5.11 Å². The molecule has 0 spiro atoms. The van der Waals surface area contributed by atoms with Gasteiger partial charge in [-0.1, -0.05) is 0 Å². The summed E-state index contributed by atoms with van der Waals surface area (Å²) in [5.41, 5.74) is 0. The maximum Gasteiger partial charge on any atom is 0.411 e. The van der Waals surface area contributed by atoms with Crippen LogP contribution in [0, 0.1) is 0 Å². The minimum Gasteiger partial charge on any atom is -0.390 e. The van der Waals surface area contributed by atoms with Gasteiger partial charge in [-0.15, -0.1) is 0 Å². The molecule has 3 nitrogen and oxygen atoms in total. The molecule has 1 rings (SSSR count). The smallest absolute Gasteiger partial charge is 0.390 e. The van der Waals surface area contributed by atoms with Gasteiger partial charge in [0, 0.05) is 0 Å². The molecule has 1 amide bonds. The van der Waals surface area contributed by atoms with Crippen molar-refractivity contribution in [3.63, 3.8) is 0 Å². The van der Waals surface area contributed by atoms with Crippen molar-refractivity contribution in [1.82, 2.24) is 5.32 Å². The molecule has 0 bridgehead atoms. The Morgan fingerprint density at radius 3 is 2.27 bits per heavy atom. The molecule has 6 heteroatoms. The fraction of sp³-hybridized carbons (Fsp3) is 0.800. The van der Waals surface area contributed by atoms with Gasteiger partial charge in [0.15, 0.2) is 6.04 Å². The molecule has 2 atom stereocenters. The Labute approximate surface area is 60.2 Å². The van der Waals surface area contributed by atoms with Crippen molar-refractivity contribution in [2.75, 3.05) is 0 Å². The molecule has 0 aromatic carbocycles. The van der Waals surface area contributed by atoms with Gasteiger partial charge in [0.05, 0.1) is 12.5 Å². The zero-order valence-electron chi connectivity index (χ0n) is 5.35. The second-order valence-electron chi connectivity index (χ2n) is 2.36. The van der Waals surface area contributed by atoms with Crippen molar-refractivity contribution in [1.29, 1.82) is 0 Å². The third kappa shape index (κ3) is 1.62. The first kappa shape index (κ1) is 8.32. The summed E-state index contributed by atoms with van der Waals surface area (Å²) in [6.07, 6.45) is -6.65. The van der Waals surface area contributed by atoms with Crippen LogP contribution in [0.1, 0.15) is 6.42 Å². The van der Waals surface area contributed by atoms with Crippen LogP contribution in [0.15, 0.2) is 0 Å². The van der Waals surface area contributed by atoms with Crippen LogP contribution in [0.25, 0.3) is 0 Å². The maximum atomic E-state index is 11.8. The molecule has 0 aromatic heterocycles. The summed E-state index contributed by atoms with van der Waals surface area (Å²) in [4.78, 5) is 10.3. The van der Waals surface area contributed by atoms with E-state index in [1.807, 2.05) is 0 Å². The average molecular weight is 169 g/mol. The first-order valence-corrected chi connectivity index (χ1v) is 2.95. The highest BCUT2D eigenvalue weighted by Gasteiger charge is 2.49. The van der Waals surface area contributed by atoms with E-state index < -0.39 is 30.7 Å². The summed E-state index contributed by atoms with van der Waals surface area (Å²) in [6.45, 7) is 0. The summed E-state index contributed by atoms with van der Waals surface area (Å²) in [7, 11) is 0. The number of nitrogens with one attached hydrogen (secondary N) is 1. The number of rotatable bonds is 0. The third-order valence-electron chi connectivity index (χ3n) is 1.45.